The molecule has 0 amide bonds. The molecule has 0 radical (unpaired) electrons. The van der Waals surface area contributed by atoms with Gasteiger partial charge in [-0.15, -0.1) is 0 Å². The second-order valence-corrected chi connectivity index (χ2v) is 16.1. The SMILES string of the molecule is CC/C=C/C=C/C=C/C=C/CCCCCC(=O)OCC(COC(=O)CCCCCCCC/C=C/C=C/CCCCC)OC(=O)CCCCCCCC/C=C/C=C/CCCCC. The minimum Gasteiger partial charge on any atom is -0.462 e. The third-order valence-electron chi connectivity index (χ3n) is 10.2. The van der Waals surface area contributed by atoms with E-state index in [1.54, 1.807) is 0 Å². The Labute approximate surface area is 375 Å². The molecule has 0 rings (SSSR count). The molecular formula is C55H90O6. The molecule has 1 unspecified atom stereocenters. The van der Waals surface area contributed by atoms with Gasteiger partial charge >= 0.3 is 17.9 Å². The fourth-order valence-corrected chi connectivity index (χ4v) is 6.43. The maximum atomic E-state index is 12.8. The summed E-state index contributed by atoms with van der Waals surface area (Å²) >= 11 is 0. The van der Waals surface area contributed by atoms with Gasteiger partial charge in [0.2, 0.25) is 0 Å². The molecule has 346 valence electrons. The summed E-state index contributed by atoms with van der Waals surface area (Å²) in [5.41, 5.74) is 0. The highest BCUT2D eigenvalue weighted by atomic mass is 16.6. The van der Waals surface area contributed by atoms with Crippen molar-refractivity contribution in [1.82, 2.24) is 0 Å². The molecule has 0 aromatic rings. The van der Waals surface area contributed by atoms with Gasteiger partial charge in [0, 0.05) is 19.3 Å². The molecule has 0 aromatic carbocycles. The van der Waals surface area contributed by atoms with Gasteiger partial charge in [-0.3, -0.25) is 14.4 Å². The first kappa shape index (κ1) is 57.3. The number of carbonyl (C=O) groups is 3. The molecule has 0 aliphatic heterocycles. The number of esters is 3. The molecule has 61 heavy (non-hydrogen) atoms. The van der Waals surface area contributed by atoms with Gasteiger partial charge in [-0.25, -0.2) is 0 Å². The zero-order chi connectivity index (χ0) is 44.4. The van der Waals surface area contributed by atoms with Crippen molar-refractivity contribution in [3.8, 4) is 0 Å². The lowest BCUT2D eigenvalue weighted by atomic mass is 10.1. The molecule has 0 saturated carbocycles. The van der Waals surface area contributed by atoms with E-state index in [0.29, 0.717) is 19.3 Å². The first-order chi connectivity index (χ1) is 30.0. The Balaban J connectivity index is 4.50. The minimum absolute atomic E-state index is 0.103. The summed E-state index contributed by atoms with van der Waals surface area (Å²) in [4.78, 5) is 37.9. The van der Waals surface area contributed by atoms with Crippen LogP contribution in [0.5, 0.6) is 0 Å². The molecule has 6 heteroatoms. The predicted molar refractivity (Wildman–Crippen MR) is 260 cm³/mol. The van der Waals surface area contributed by atoms with Gasteiger partial charge < -0.3 is 14.2 Å². The Morgan fingerprint density at radius 1 is 0.344 bits per heavy atom. The lowest BCUT2D eigenvalue weighted by molar-refractivity contribution is -0.167. The molecule has 1 atom stereocenters. The van der Waals surface area contributed by atoms with Crippen LogP contribution in [0.2, 0.25) is 0 Å². The lowest BCUT2D eigenvalue weighted by Gasteiger charge is -2.18. The molecule has 0 saturated heterocycles. The van der Waals surface area contributed by atoms with Crippen LogP contribution in [-0.4, -0.2) is 37.2 Å². The summed E-state index contributed by atoms with van der Waals surface area (Å²) in [6.07, 6.45) is 63.8. The zero-order valence-corrected chi connectivity index (χ0v) is 39.4. The Bertz CT molecular complexity index is 1250. The van der Waals surface area contributed by atoms with E-state index in [0.717, 1.165) is 89.9 Å². The quantitative estimate of drug-likeness (QED) is 0.0263. The van der Waals surface area contributed by atoms with E-state index in [1.807, 2.05) is 36.5 Å². The van der Waals surface area contributed by atoms with Crippen LogP contribution in [0.1, 0.15) is 213 Å². The summed E-state index contributed by atoms with van der Waals surface area (Å²) < 4.78 is 16.7. The summed E-state index contributed by atoms with van der Waals surface area (Å²) in [5.74, 6) is -0.971. The Morgan fingerprint density at radius 3 is 1.03 bits per heavy atom. The van der Waals surface area contributed by atoms with E-state index in [9.17, 15) is 14.4 Å². The van der Waals surface area contributed by atoms with Crippen LogP contribution >= 0.6 is 0 Å². The smallest absolute Gasteiger partial charge is 0.306 e. The molecule has 0 aliphatic carbocycles. The fourth-order valence-electron chi connectivity index (χ4n) is 6.43. The van der Waals surface area contributed by atoms with Crippen molar-refractivity contribution >= 4 is 17.9 Å². The minimum atomic E-state index is -0.805. The zero-order valence-electron chi connectivity index (χ0n) is 39.4. The summed E-state index contributed by atoms with van der Waals surface area (Å²) in [7, 11) is 0. The van der Waals surface area contributed by atoms with Crippen LogP contribution in [0.25, 0.3) is 0 Å². The largest absolute Gasteiger partial charge is 0.462 e. The van der Waals surface area contributed by atoms with Gasteiger partial charge in [-0.1, -0.05) is 201 Å². The fraction of sp³-hybridized carbons (Fsp3) is 0.655. The molecule has 0 bridgehead atoms. The molecule has 0 heterocycles. The topological polar surface area (TPSA) is 78.9 Å². The lowest BCUT2D eigenvalue weighted by Crippen LogP contribution is -2.30. The second-order valence-electron chi connectivity index (χ2n) is 16.1. The van der Waals surface area contributed by atoms with Gasteiger partial charge in [0.15, 0.2) is 6.10 Å². The van der Waals surface area contributed by atoms with Gasteiger partial charge in [0.25, 0.3) is 0 Å². The average Bonchev–Trinajstić information content (AvgIpc) is 3.26. The second kappa shape index (κ2) is 49.0. The van der Waals surface area contributed by atoms with E-state index < -0.39 is 6.10 Å². The number of carbonyl (C=O) groups excluding carboxylic acids is 3. The van der Waals surface area contributed by atoms with Crippen molar-refractivity contribution < 1.29 is 28.6 Å². The summed E-state index contributed by atoms with van der Waals surface area (Å²) in [6.45, 7) is 6.37. The van der Waals surface area contributed by atoms with Crippen LogP contribution < -0.4 is 0 Å². The van der Waals surface area contributed by atoms with E-state index in [2.05, 4.69) is 81.5 Å². The first-order valence-corrected chi connectivity index (χ1v) is 24.8. The van der Waals surface area contributed by atoms with Gasteiger partial charge in [0.05, 0.1) is 0 Å². The normalized spacial score (nSPS) is 12.9. The van der Waals surface area contributed by atoms with E-state index in [-0.39, 0.29) is 31.1 Å². The van der Waals surface area contributed by atoms with Crippen LogP contribution in [-0.2, 0) is 28.6 Å². The Kier molecular flexibility index (Phi) is 46.0. The van der Waals surface area contributed by atoms with Crippen molar-refractivity contribution in [2.75, 3.05) is 13.2 Å². The van der Waals surface area contributed by atoms with Crippen molar-refractivity contribution in [3.05, 3.63) is 97.2 Å². The Hall–Kier alpha value is -3.67. The number of hydrogen-bond acceptors (Lipinski definition) is 6. The van der Waals surface area contributed by atoms with E-state index >= 15 is 0 Å². The van der Waals surface area contributed by atoms with Crippen molar-refractivity contribution in [1.29, 1.82) is 0 Å². The molecule has 0 aliphatic rings. The standard InChI is InChI=1S/C55H90O6/c1-4-7-10-13-16-19-22-25-27-30-33-36-39-42-45-48-54(57)60-51-52(50-59-53(56)47-44-41-38-35-32-29-24-21-18-15-12-9-6-3)61-55(58)49-46-43-40-37-34-31-28-26-23-20-17-14-11-8-5-2/h9,12,15-26,29,32,52H,4-8,10-11,13-14,27-28,30-31,33-51H2,1-3H3/b12-9+,18-15+,19-16+,20-17+,24-21+,25-22+,26-23+,32-29+. The first-order valence-electron chi connectivity index (χ1n) is 24.8. The van der Waals surface area contributed by atoms with Crippen LogP contribution in [0.3, 0.4) is 0 Å². The van der Waals surface area contributed by atoms with Crippen LogP contribution in [0.4, 0.5) is 0 Å². The summed E-state index contributed by atoms with van der Waals surface area (Å²) in [5, 5.41) is 0. The highest BCUT2D eigenvalue weighted by molar-refractivity contribution is 5.71. The maximum Gasteiger partial charge on any atom is 0.306 e. The molecule has 6 nitrogen and oxygen atoms in total. The van der Waals surface area contributed by atoms with Crippen LogP contribution in [0.15, 0.2) is 97.2 Å². The third-order valence-corrected chi connectivity index (χ3v) is 10.2. The Morgan fingerprint density at radius 2 is 0.639 bits per heavy atom. The third kappa shape index (κ3) is 47.2. The van der Waals surface area contributed by atoms with Crippen molar-refractivity contribution in [2.24, 2.45) is 0 Å². The van der Waals surface area contributed by atoms with Crippen LogP contribution in [0, 0.1) is 0 Å². The molecule has 0 aromatic heterocycles. The number of allylic oxidation sites excluding steroid dienone is 16. The molecule has 0 spiro atoms. The molecular weight excluding hydrogens is 757 g/mol. The number of rotatable bonds is 43. The monoisotopic (exact) mass is 847 g/mol. The van der Waals surface area contributed by atoms with E-state index in [4.69, 9.17) is 14.2 Å². The maximum absolute atomic E-state index is 12.8. The predicted octanol–water partition coefficient (Wildman–Crippen LogP) is 16.2. The summed E-state index contributed by atoms with van der Waals surface area (Å²) in [6, 6.07) is 0. The molecule has 0 fully saturated rings. The molecule has 0 N–H and O–H groups in total. The van der Waals surface area contributed by atoms with Crippen molar-refractivity contribution in [3.63, 3.8) is 0 Å². The van der Waals surface area contributed by atoms with Gasteiger partial charge in [-0.05, 0) is 89.9 Å². The average molecular weight is 847 g/mol. The van der Waals surface area contributed by atoms with Crippen molar-refractivity contribution in [2.45, 2.75) is 219 Å². The highest BCUT2D eigenvalue weighted by Gasteiger charge is 2.19. The van der Waals surface area contributed by atoms with Gasteiger partial charge in [-0.2, -0.15) is 0 Å². The highest BCUT2D eigenvalue weighted by Crippen LogP contribution is 2.13. The number of ether oxygens (including phenoxy) is 3. The number of hydrogen-bond donors (Lipinski definition) is 0. The van der Waals surface area contributed by atoms with E-state index in [1.165, 1.54) is 83.5 Å². The number of unbranched alkanes of at least 4 members (excludes halogenated alkanes) is 21. The van der Waals surface area contributed by atoms with Gasteiger partial charge in [0.1, 0.15) is 13.2 Å².